The monoisotopic (exact) mass is 360 g/mol. The summed E-state index contributed by atoms with van der Waals surface area (Å²) in [4.78, 5) is 16.8. The van der Waals surface area contributed by atoms with Crippen molar-refractivity contribution in [3.8, 4) is 0 Å². The van der Waals surface area contributed by atoms with E-state index in [4.69, 9.17) is 0 Å². The lowest BCUT2D eigenvalue weighted by molar-refractivity contribution is -0.117. The van der Waals surface area contributed by atoms with Crippen LogP contribution in [-0.2, 0) is 4.79 Å². The molecule has 1 heterocycles. The van der Waals surface area contributed by atoms with Gasteiger partial charge in [-0.2, -0.15) is 0 Å². The maximum Gasteiger partial charge on any atom is 0.224 e. The fourth-order valence-electron chi connectivity index (χ4n) is 4.74. The van der Waals surface area contributed by atoms with Crippen LogP contribution < -0.4 is 4.90 Å². The highest BCUT2D eigenvalue weighted by molar-refractivity contribution is 5.92. The first-order valence-corrected chi connectivity index (χ1v) is 10.4. The Hall–Kier alpha value is -1.42. The standard InChI is InChI=1S/C22H33FN2O/c1-18(26)25(21-12-10-19(23)11-13-21)22-14-16-24(17-15-22)20-8-6-4-2-3-5-7-9-20/h10-13,20,22H,2-9,14-17H2,1H3. The molecule has 2 fully saturated rings. The first kappa shape index (κ1) is 19.3. The van der Waals surface area contributed by atoms with Crippen LogP contribution in [0.3, 0.4) is 0 Å². The fourth-order valence-corrected chi connectivity index (χ4v) is 4.74. The van der Waals surface area contributed by atoms with Gasteiger partial charge in [-0.1, -0.05) is 38.5 Å². The van der Waals surface area contributed by atoms with Gasteiger partial charge in [0.2, 0.25) is 5.91 Å². The fraction of sp³-hybridized carbons (Fsp3) is 0.682. The van der Waals surface area contributed by atoms with Crippen molar-refractivity contribution < 1.29 is 9.18 Å². The molecule has 0 unspecified atom stereocenters. The predicted molar refractivity (Wildman–Crippen MR) is 105 cm³/mol. The summed E-state index contributed by atoms with van der Waals surface area (Å²) in [5.41, 5.74) is 0.819. The van der Waals surface area contributed by atoms with E-state index in [1.54, 1.807) is 19.1 Å². The van der Waals surface area contributed by atoms with Crippen LogP contribution in [0, 0.1) is 5.82 Å². The zero-order valence-corrected chi connectivity index (χ0v) is 16.1. The molecule has 1 aromatic carbocycles. The minimum Gasteiger partial charge on any atom is -0.310 e. The van der Waals surface area contributed by atoms with Crippen molar-refractivity contribution in [1.82, 2.24) is 4.90 Å². The number of benzene rings is 1. The van der Waals surface area contributed by atoms with E-state index in [2.05, 4.69) is 4.90 Å². The highest BCUT2D eigenvalue weighted by Gasteiger charge is 2.30. The Bertz CT molecular complexity index is 556. The molecule has 1 amide bonds. The van der Waals surface area contributed by atoms with Gasteiger partial charge in [0.05, 0.1) is 0 Å². The number of nitrogens with zero attached hydrogens (tertiary/aromatic N) is 2. The molecule has 1 saturated heterocycles. The molecule has 3 rings (SSSR count). The summed E-state index contributed by atoms with van der Waals surface area (Å²) in [5.74, 6) is -0.204. The summed E-state index contributed by atoms with van der Waals surface area (Å²) >= 11 is 0. The van der Waals surface area contributed by atoms with E-state index in [1.807, 2.05) is 4.90 Å². The summed E-state index contributed by atoms with van der Waals surface area (Å²) in [7, 11) is 0. The van der Waals surface area contributed by atoms with E-state index >= 15 is 0 Å². The average Bonchev–Trinajstić information content (AvgIpc) is 2.78. The van der Waals surface area contributed by atoms with Gasteiger partial charge < -0.3 is 9.80 Å². The predicted octanol–water partition coefficient (Wildman–Crippen LogP) is 5.15. The van der Waals surface area contributed by atoms with Crippen LogP contribution in [0.2, 0.25) is 0 Å². The van der Waals surface area contributed by atoms with Gasteiger partial charge in [-0.15, -0.1) is 0 Å². The molecule has 0 radical (unpaired) electrons. The molecule has 0 aromatic heterocycles. The van der Waals surface area contributed by atoms with Gasteiger partial charge in [0, 0.05) is 37.8 Å². The number of hydrogen-bond donors (Lipinski definition) is 0. The number of anilines is 1. The number of piperidine rings is 1. The van der Waals surface area contributed by atoms with Gasteiger partial charge in [0.25, 0.3) is 0 Å². The summed E-state index contributed by atoms with van der Waals surface area (Å²) in [6, 6.07) is 7.29. The van der Waals surface area contributed by atoms with E-state index in [1.165, 1.54) is 63.5 Å². The SMILES string of the molecule is CC(=O)N(c1ccc(F)cc1)C1CCN(C2CCCCCCCC2)CC1. The van der Waals surface area contributed by atoms with E-state index < -0.39 is 0 Å². The molecule has 0 bridgehead atoms. The van der Waals surface area contributed by atoms with Gasteiger partial charge in [-0.25, -0.2) is 4.39 Å². The third kappa shape index (κ3) is 5.06. The lowest BCUT2D eigenvalue weighted by Crippen LogP contribution is -2.49. The Morgan fingerprint density at radius 3 is 2.00 bits per heavy atom. The van der Waals surface area contributed by atoms with Gasteiger partial charge in [0.15, 0.2) is 0 Å². The largest absolute Gasteiger partial charge is 0.310 e. The highest BCUT2D eigenvalue weighted by Crippen LogP contribution is 2.28. The smallest absolute Gasteiger partial charge is 0.224 e. The van der Waals surface area contributed by atoms with E-state index in [9.17, 15) is 9.18 Å². The lowest BCUT2D eigenvalue weighted by Gasteiger charge is -2.41. The maximum atomic E-state index is 13.2. The highest BCUT2D eigenvalue weighted by atomic mass is 19.1. The Labute approximate surface area is 157 Å². The molecule has 1 aliphatic carbocycles. The van der Waals surface area contributed by atoms with Crippen LogP contribution in [0.1, 0.15) is 71.1 Å². The number of carbonyl (C=O) groups excluding carboxylic acids is 1. The van der Waals surface area contributed by atoms with Crippen molar-refractivity contribution in [2.24, 2.45) is 0 Å². The van der Waals surface area contributed by atoms with Crippen molar-refractivity contribution in [1.29, 1.82) is 0 Å². The molecule has 4 heteroatoms. The normalized spacial score (nSPS) is 21.6. The van der Waals surface area contributed by atoms with Crippen LogP contribution in [0.25, 0.3) is 0 Å². The van der Waals surface area contributed by atoms with Crippen molar-refractivity contribution in [2.45, 2.75) is 83.2 Å². The maximum absolute atomic E-state index is 13.2. The van der Waals surface area contributed by atoms with Crippen molar-refractivity contribution in [3.63, 3.8) is 0 Å². The zero-order chi connectivity index (χ0) is 18.4. The average molecular weight is 361 g/mol. The second-order valence-corrected chi connectivity index (χ2v) is 7.99. The van der Waals surface area contributed by atoms with Crippen LogP contribution in [0.5, 0.6) is 0 Å². The summed E-state index contributed by atoms with van der Waals surface area (Å²) in [6.45, 7) is 3.76. The summed E-state index contributed by atoms with van der Waals surface area (Å²) in [5, 5.41) is 0. The number of halogens is 1. The Balaban J connectivity index is 1.60. The molecule has 3 nitrogen and oxygen atoms in total. The number of rotatable bonds is 3. The molecule has 1 aromatic rings. The number of carbonyl (C=O) groups is 1. The van der Waals surface area contributed by atoms with Gasteiger partial charge in [0.1, 0.15) is 5.82 Å². The molecule has 1 aliphatic heterocycles. The van der Waals surface area contributed by atoms with Crippen LogP contribution >= 0.6 is 0 Å². The molecule has 144 valence electrons. The topological polar surface area (TPSA) is 23.6 Å². The van der Waals surface area contributed by atoms with Crippen LogP contribution in [-0.4, -0.2) is 36.0 Å². The second kappa shape index (κ2) is 9.50. The van der Waals surface area contributed by atoms with E-state index in [0.717, 1.165) is 37.7 Å². The van der Waals surface area contributed by atoms with Crippen molar-refractivity contribution >= 4 is 11.6 Å². The molecule has 0 N–H and O–H groups in total. The quantitative estimate of drug-likeness (QED) is 0.744. The van der Waals surface area contributed by atoms with Crippen LogP contribution in [0.15, 0.2) is 24.3 Å². The minimum atomic E-state index is -0.257. The second-order valence-electron chi connectivity index (χ2n) is 7.99. The van der Waals surface area contributed by atoms with E-state index in [0.29, 0.717) is 0 Å². The molecule has 0 spiro atoms. The Morgan fingerprint density at radius 2 is 1.46 bits per heavy atom. The summed E-state index contributed by atoms with van der Waals surface area (Å²) < 4.78 is 13.2. The number of likely N-dealkylation sites (tertiary alicyclic amines) is 1. The third-order valence-corrected chi connectivity index (χ3v) is 6.15. The van der Waals surface area contributed by atoms with E-state index in [-0.39, 0.29) is 17.8 Å². The third-order valence-electron chi connectivity index (χ3n) is 6.15. The molecular weight excluding hydrogens is 327 g/mol. The van der Waals surface area contributed by atoms with Crippen molar-refractivity contribution in [3.05, 3.63) is 30.1 Å². The Kier molecular flexibility index (Phi) is 7.07. The first-order valence-electron chi connectivity index (χ1n) is 10.4. The molecule has 0 atom stereocenters. The zero-order valence-electron chi connectivity index (χ0n) is 16.1. The van der Waals surface area contributed by atoms with Gasteiger partial charge >= 0.3 is 0 Å². The molecule has 26 heavy (non-hydrogen) atoms. The molecular formula is C22H33FN2O. The first-order chi connectivity index (χ1) is 12.6. The van der Waals surface area contributed by atoms with Crippen LogP contribution in [0.4, 0.5) is 10.1 Å². The van der Waals surface area contributed by atoms with Gasteiger partial charge in [-0.3, -0.25) is 4.79 Å². The van der Waals surface area contributed by atoms with Crippen molar-refractivity contribution in [2.75, 3.05) is 18.0 Å². The molecule has 2 aliphatic rings. The molecule has 1 saturated carbocycles. The minimum absolute atomic E-state index is 0.0532. The lowest BCUT2D eigenvalue weighted by atomic mass is 9.96. The van der Waals surface area contributed by atoms with Gasteiger partial charge in [-0.05, 0) is 49.9 Å². The number of hydrogen-bond acceptors (Lipinski definition) is 2. The summed E-state index contributed by atoms with van der Waals surface area (Å²) in [6.07, 6.45) is 13.0. The number of amides is 1. The Morgan fingerprint density at radius 1 is 0.923 bits per heavy atom.